The van der Waals surface area contributed by atoms with Crippen LogP contribution < -0.4 is 0 Å². The maximum absolute atomic E-state index is 6.66. The van der Waals surface area contributed by atoms with Crippen molar-refractivity contribution in [2.45, 2.75) is 117 Å². The molecular weight excluding hydrogens is 384 g/mol. The molecule has 0 radical (unpaired) electrons. The first kappa shape index (κ1) is 26.3. The van der Waals surface area contributed by atoms with Crippen LogP contribution in [0.1, 0.15) is 61.8 Å². The number of hydrogen-bond donors (Lipinski definition) is 0. The van der Waals surface area contributed by atoms with E-state index in [-0.39, 0.29) is 34.5 Å². The van der Waals surface area contributed by atoms with Crippen molar-refractivity contribution in [3.05, 3.63) is 0 Å². The van der Waals surface area contributed by atoms with Gasteiger partial charge in [-0.3, -0.25) is 0 Å². The van der Waals surface area contributed by atoms with Crippen molar-refractivity contribution < 1.29 is 18.3 Å². The van der Waals surface area contributed by atoms with Crippen molar-refractivity contribution >= 4 is 16.6 Å². The summed E-state index contributed by atoms with van der Waals surface area (Å²) in [5.74, 6) is 0.584. The van der Waals surface area contributed by atoms with Gasteiger partial charge in [0.05, 0.1) is 12.2 Å². The maximum Gasteiger partial charge on any atom is 0.195 e. The Morgan fingerprint density at radius 2 is 1.46 bits per heavy atom. The van der Waals surface area contributed by atoms with E-state index in [4.69, 9.17) is 18.3 Å². The Balaban J connectivity index is 2.88. The zero-order valence-corrected chi connectivity index (χ0v) is 22.9. The van der Waals surface area contributed by atoms with Crippen LogP contribution in [-0.4, -0.2) is 48.8 Å². The predicted octanol–water partition coefficient (Wildman–Crippen LogP) is 6.43. The zero-order valence-electron chi connectivity index (χ0n) is 20.9. The molecule has 0 spiro atoms. The minimum atomic E-state index is -1.89. The Morgan fingerprint density at radius 1 is 0.964 bits per heavy atom. The van der Waals surface area contributed by atoms with E-state index in [1.165, 1.54) is 0 Å². The Labute approximate surface area is 177 Å². The van der Waals surface area contributed by atoms with Gasteiger partial charge in [0, 0.05) is 25.6 Å². The molecule has 1 saturated heterocycles. The molecule has 1 aliphatic heterocycles. The molecule has 168 valence electrons. The van der Waals surface area contributed by atoms with Crippen LogP contribution in [0.5, 0.6) is 0 Å². The number of hydrogen-bond acceptors (Lipinski definition) is 4. The van der Waals surface area contributed by atoms with Crippen molar-refractivity contribution in [1.29, 1.82) is 0 Å². The van der Waals surface area contributed by atoms with E-state index >= 15 is 0 Å². The van der Waals surface area contributed by atoms with Crippen LogP contribution in [0.25, 0.3) is 0 Å². The molecular formula is C22H48O4Si2. The highest BCUT2D eigenvalue weighted by Crippen LogP contribution is 2.41. The monoisotopic (exact) mass is 432 g/mol. The smallest absolute Gasteiger partial charge is 0.195 e. The summed E-state index contributed by atoms with van der Waals surface area (Å²) in [6.07, 6.45) is 0.894. The number of ether oxygens (including phenoxy) is 2. The van der Waals surface area contributed by atoms with Gasteiger partial charge in [-0.05, 0) is 42.7 Å². The van der Waals surface area contributed by atoms with Crippen LogP contribution >= 0.6 is 0 Å². The second-order valence-corrected chi connectivity index (χ2v) is 21.4. The van der Waals surface area contributed by atoms with Gasteiger partial charge in [0.15, 0.2) is 22.9 Å². The summed E-state index contributed by atoms with van der Waals surface area (Å²) in [7, 11) is -1.88. The molecule has 1 fully saturated rings. The molecule has 0 N–H and O–H groups in total. The van der Waals surface area contributed by atoms with Gasteiger partial charge in [-0.25, -0.2) is 0 Å². The Bertz CT molecular complexity index is 494. The van der Waals surface area contributed by atoms with E-state index in [0.29, 0.717) is 12.5 Å². The average molecular weight is 433 g/mol. The first-order valence-corrected chi connectivity index (χ1v) is 16.7. The Kier molecular flexibility index (Phi) is 8.63. The van der Waals surface area contributed by atoms with E-state index in [2.05, 4.69) is 81.6 Å². The third-order valence-corrected chi connectivity index (χ3v) is 16.3. The molecule has 1 rings (SSSR count). The molecule has 5 atom stereocenters. The lowest BCUT2D eigenvalue weighted by atomic mass is 9.90. The zero-order chi connectivity index (χ0) is 22.1. The predicted molar refractivity (Wildman–Crippen MR) is 124 cm³/mol. The topological polar surface area (TPSA) is 36.9 Å². The quantitative estimate of drug-likeness (QED) is 0.434. The molecule has 1 heterocycles. The Hall–Kier alpha value is 0.274. The summed E-state index contributed by atoms with van der Waals surface area (Å²) in [5, 5.41) is 0.379. The molecule has 0 aliphatic carbocycles. The van der Waals surface area contributed by atoms with Gasteiger partial charge >= 0.3 is 0 Å². The third kappa shape index (κ3) is 6.38. The molecule has 4 nitrogen and oxygen atoms in total. The van der Waals surface area contributed by atoms with Gasteiger partial charge in [0.1, 0.15) is 0 Å². The van der Waals surface area contributed by atoms with Crippen molar-refractivity contribution in [2.24, 2.45) is 11.8 Å². The molecule has 0 bridgehead atoms. The second-order valence-electron chi connectivity index (χ2n) is 11.9. The van der Waals surface area contributed by atoms with Gasteiger partial charge in [-0.1, -0.05) is 55.4 Å². The largest absolute Gasteiger partial charge is 0.416 e. The summed E-state index contributed by atoms with van der Waals surface area (Å²) < 4.78 is 25.5. The minimum Gasteiger partial charge on any atom is -0.416 e. The highest BCUT2D eigenvalue weighted by Gasteiger charge is 2.46. The van der Waals surface area contributed by atoms with Crippen LogP contribution in [0, 0.1) is 11.8 Å². The lowest BCUT2D eigenvalue weighted by Crippen LogP contribution is -2.54. The van der Waals surface area contributed by atoms with Crippen LogP contribution in [-0.2, 0) is 18.3 Å². The number of methoxy groups -OCH3 is 1. The normalized spacial score (nSPS) is 29.0. The van der Waals surface area contributed by atoms with Crippen LogP contribution in [0.4, 0.5) is 0 Å². The van der Waals surface area contributed by atoms with Crippen molar-refractivity contribution in [3.8, 4) is 0 Å². The van der Waals surface area contributed by atoms with E-state index in [0.717, 1.165) is 6.42 Å². The SMILES string of the molecule is CO[C@H]1C[C@H](C)[C@@H](O[Si](C)(C)C(C)(C)C)O[C@@H]1[C@@H](C)CO[Si](C)(C)C(C)(C)C. The van der Waals surface area contributed by atoms with E-state index in [9.17, 15) is 0 Å². The molecule has 0 amide bonds. The highest BCUT2D eigenvalue weighted by atomic mass is 28.4. The summed E-state index contributed by atoms with van der Waals surface area (Å²) in [6.45, 7) is 28.0. The van der Waals surface area contributed by atoms with E-state index < -0.39 is 16.6 Å². The average Bonchev–Trinajstić information content (AvgIpc) is 2.51. The lowest BCUT2D eigenvalue weighted by molar-refractivity contribution is -0.235. The van der Waals surface area contributed by atoms with Crippen LogP contribution in [0.3, 0.4) is 0 Å². The van der Waals surface area contributed by atoms with Crippen molar-refractivity contribution in [2.75, 3.05) is 13.7 Å². The minimum absolute atomic E-state index is 0.000682. The molecule has 0 aromatic rings. The van der Waals surface area contributed by atoms with Crippen LogP contribution in [0.15, 0.2) is 0 Å². The highest BCUT2D eigenvalue weighted by molar-refractivity contribution is 6.74. The second kappa shape index (κ2) is 9.19. The van der Waals surface area contributed by atoms with Crippen molar-refractivity contribution in [1.82, 2.24) is 0 Å². The van der Waals surface area contributed by atoms with E-state index in [1.807, 2.05) is 0 Å². The van der Waals surface area contributed by atoms with Crippen molar-refractivity contribution in [3.63, 3.8) is 0 Å². The maximum atomic E-state index is 6.66. The van der Waals surface area contributed by atoms with Gasteiger partial charge in [0.25, 0.3) is 0 Å². The van der Waals surface area contributed by atoms with Gasteiger partial charge in [-0.2, -0.15) is 0 Å². The van der Waals surface area contributed by atoms with Gasteiger partial charge in [0.2, 0.25) is 0 Å². The fourth-order valence-corrected chi connectivity index (χ4v) is 5.32. The molecule has 0 saturated carbocycles. The van der Waals surface area contributed by atoms with Gasteiger partial charge < -0.3 is 18.3 Å². The molecule has 1 aliphatic rings. The first-order chi connectivity index (χ1) is 12.4. The first-order valence-electron chi connectivity index (χ1n) is 10.9. The molecule has 0 unspecified atom stereocenters. The lowest BCUT2D eigenvalue weighted by Gasteiger charge is -2.47. The fraction of sp³-hybridized carbons (Fsp3) is 1.00. The summed E-state index contributed by atoms with van der Waals surface area (Å²) in [5.41, 5.74) is 0. The summed E-state index contributed by atoms with van der Waals surface area (Å²) >= 11 is 0. The standard InChI is InChI=1S/C22H48O4Si2/c1-16-14-18(23-9)19(17(2)15-24-27(10,11)21(3,4)5)25-20(16)26-28(12,13)22(6,7)8/h16-20H,14-15H2,1-13H3/t16-,17-,18-,19+,20+/m0/s1. The molecule has 0 aromatic carbocycles. The van der Waals surface area contributed by atoms with E-state index in [1.54, 1.807) is 7.11 Å². The summed E-state index contributed by atoms with van der Waals surface area (Å²) in [6, 6.07) is 0. The Morgan fingerprint density at radius 3 is 1.89 bits per heavy atom. The fourth-order valence-electron chi connectivity index (χ4n) is 2.98. The van der Waals surface area contributed by atoms with Crippen LogP contribution in [0.2, 0.25) is 36.3 Å². The summed E-state index contributed by atoms with van der Waals surface area (Å²) in [4.78, 5) is 0. The third-order valence-electron chi connectivity index (χ3n) is 7.32. The molecule has 28 heavy (non-hydrogen) atoms. The molecule has 6 heteroatoms. The van der Waals surface area contributed by atoms with Gasteiger partial charge in [-0.15, -0.1) is 0 Å². The number of rotatable bonds is 7. The molecule has 0 aromatic heterocycles.